The SMILES string of the molecule is CSc1cc(C2CC2)cc(Cl)n1. The van der Waals surface area contributed by atoms with Crippen LogP contribution in [0.3, 0.4) is 0 Å². The summed E-state index contributed by atoms with van der Waals surface area (Å²) < 4.78 is 0. The van der Waals surface area contributed by atoms with Crippen molar-refractivity contribution in [1.82, 2.24) is 4.98 Å². The average Bonchev–Trinajstić information content (AvgIpc) is 2.85. The van der Waals surface area contributed by atoms with Gasteiger partial charge >= 0.3 is 0 Å². The summed E-state index contributed by atoms with van der Waals surface area (Å²) in [5.74, 6) is 0.761. The molecule has 64 valence electrons. The topological polar surface area (TPSA) is 12.9 Å². The quantitative estimate of drug-likeness (QED) is 0.535. The zero-order valence-electron chi connectivity index (χ0n) is 6.88. The molecule has 0 atom stereocenters. The second kappa shape index (κ2) is 3.27. The first-order chi connectivity index (χ1) is 5.79. The molecule has 0 amide bonds. The first-order valence-corrected chi connectivity index (χ1v) is 5.61. The van der Waals surface area contributed by atoms with Gasteiger partial charge in [-0.3, -0.25) is 0 Å². The number of aromatic nitrogens is 1. The summed E-state index contributed by atoms with van der Waals surface area (Å²) in [5, 5.41) is 1.66. The molecule has 0 aromatic carbocycles. The van der Waals surface area contributed by atoms with Gasteiger partial charge in [0.2, 0.25) is 0 Å². The van der Waals surface area contributed by atoms with Crippen molar-refractivity contribution in [2.75, 3.05) is 6.26 Å². The normalized spacial score (nSPS) is 16.5. The van der Waals surface area contributed by atoms with Crippen LogP contribution in [0.5, 0.6) is 0 Å². The molecule has 1 saturated carbocycles. The predicted octanol–water partition coefficient (Wildman–Crippen LogP) is 3.33. The summed E-state index contributed by atoms with van der Waals surface area (Å²) in [6.07, 6.45) is 4.65. The van der Waals surface area contributed by atoms with E-state index in [-0.39, 0.29) is 0 Å². The molecule has 0 N–H and O–H groups in total. The zero-order valence-corrected chi connectivity index (χ0v) is 8.45. The van der Waals surface area contributed by atoms with E-state index >= 15 is 0 Å². The summed E-state index contributed by atoms with van der Waals surface area (Å²) in [4.78, 5) is 4.19. The molecular weight excluding hydrogens is 190 g/mol. The van der Waals surface area contributed by atoms with Crippen LogP contribution in [-0.4, -0.2) is 11.2 Å². The molecule has 1 aromatic rings. The lowest BCUT2D eigenvalue weighted by molar-refractivity contribution is 1.05. The fourth-order valence-corrected chi connectivity index (χ4v) is 1.96. The van der Waals surface area contributed by atoms with Gasteiger partial charge in [-0.15, -0.1) is 11.8 Å². The van der Waals surface area contributed by atoms with Crippen molar-refractivity contribution in [2.45, 2.75) is 23.8 Å². The fourth-order valence-electron chi connectivity index (χ4n) is 1.25. The van der Waals surface area contributed by atoms with E-state index in [1.54, 1.807) is 11.8 Å². The van der Waals surface area contributed by atoms with Crippen LogP contribution in [0.4, 0.5) is 0 Å². The minimum absolute atomic E-state index is 0.628. The van der Waals surface area contributed by atoms with E-state index in [0.717, 1.165) is 10.9 Å². The van der Waals surface area contributed by atoms with Gasteiger partial charge in [-0.1, -0.05) is 11.6 Å². The molecule has 1 nitrogen and oxygen atoms in total. The zero-order chi connectivity index (χ0) is 8.55. The van der Waals surface area contributed by atoms with Gasteiger partial charge in [0.25, 0.3) is 0 Å². The lowest BCUT2D eigenvalue weighted by Gasteiger charge is -2.01. The highest BCUT2D eigenvalue weighted by Gasteiger charge is 2.24. The number of rotatable bonds is 2. The number of hydrogen-bond donors (Lipinski definition) is 0. The molecule has 0 spiro atoms. The van der Waals surface area contributed by atoms with Crippen molar-refractivity contribution >= 4 is 23.4 Å². The van der Waals surface area contributed by atoms with Gasteiger partial charge in [0, 0.05) is 0 Å². The van der Waals surface area contributed by atoms with Gasteiger partial charge in [-0.2, -0.15) is 0 Å². The van der Waals surface area contributed by atoms with E-state index in [2.05, 4.69) is 11.1 Å². The lowest BCUT2D eigenvalue weighted by atomic mass is 10.2. The van der Waals surface area contributed by atoms with Crippen LogP contribution < -0.4 is 0 Å². The largest absolute Gasteiger partial charge is 0.230 e. The Morgan fingerprint density at radius 2 is 2.25 bits per heavy atom. The molecule has 1 heterocycles. The first kappa shape index (κ1) is 8.39. The molecule has 1 aliphatic carbocycles. The summed E-state index contributed by atoms with van der Waals surface area (Å²) in [6.45, 7) is 0. The molecule has 0 radical (unpaired) electrons. The van der Waals surface area contributed by atoms with E-state index in [1.807, 2.05) is 12.3 Å². The molecule has 0 bridgehead atoms. The molecular formula is C9H10ClNS. The van der Waals surface area contributed by atoms with Crippen LogP contribution in [0.2, 0.25) is 5.15 Å². The van der Waals surface area contributed by atoms with Crippen molar-refractivity contribution in [3.8, 4) is 0 Å². The van der Waals surface area contributed by atoms with Gasteiger partial charge < -0.3 is 0 Å². The van der Waals surface area contributed by atoms with Crippen LogP contribution in [0.1, 0.15) is 24.3 Å². The van der Waals surface area contributed by atoms with Crippen LogP contribution >= 0.6 is 23.4 Å². The number of hydrogen-bond acceptors (Lipinski definition) is 2. The van der Waals surface area contributed by atoms with Crippen molar-refractivity contribution in [3.63, 3.8) is 0 Å². The lowest BCUT2D eigenvalue weighted by Crippen LogP contribution is -1.85. The van der Waals surface area contributed by atoms with Crippen molar-refractivity contribution in [3.05, 3.63) is 22.8 Å². The Bertz CT molecular complexity index is 297. The summed E-state index contributed by atoms with van der Waals surface area (Å²) >= 11 is 7.52. The standard InChI is InChI=1S/C9H10ClNS/c1-12-9-5-7(6-2-3-6)4-8(10)11-9/h4-6H,2-3H2,1H3. The van der Waals surface area contributed by atoms with Crippen LogP contribution in [0.15, 0.2) is 17.2 Å². The van der Waals surface area contributed by atoms with Crippen LogP contribution in [0.25, 0.3) is 0 Å². The van der Waals surface area contributed by atoms with E-state index in [9.17, 15) is 0 Å². The van der Waals surface area contributed by atoms with Crippen molar-refractivity contribution < 1.29 is 0 Å². The highest BCUT2D eigenvalue weighted by molar-refractivity contribution is 7.98. The Hall–Kier alpha value is -0.210. The van der Waals surface area contributed by atoms with Gasteiger partial charge in [0.05, 0.1) is 5.03 Å². The summed E-state index contributed by atoms with van der Waals surface area (Å²) in [7, 11) is 0. The number of thioether (sulfide) groups is 1. The Morgan fingerprint density at radius 3 is 2.83 bits per heavy atom. The maximum absolute atomic E-state index is 5.88. The number of halogens is 1. The highest BCUT2D eigenvalue weighted by Crippen LogP contribution is 2.41. The smallest absolute Gasteiger partial charge is 0.130 e. The molecule has 1 fully saturated rings. The first-order valence-electron chi connectivity index (χ1n) is 4.01. The van der Waals surface area contributed by atoms with Gasteiger partial charge in [0.1, 0.15) is 5.15 Å². The van der Waals surface area contributed by atoms with Gasteiger partial charge in [-0.25, -0.2) is 4.98 Å². The Labute approximate surface area is 81.5 Å². The molecule has 2 rings (SSSR count). The second-order valence-electron chi connectivity index (χ2n) is 3.04. The molecule has 0 aliphatic heterocycles. The minimum Gasteiger partial charge on any atom is -0.230 e. The number of pyridine rings is 1. The minimum atomic E-state index is 0.628. The second-order valence-corrected chi connectivity index (χ2v) is 4.25. The Morgan fingerprint density at radius 1 is 1.50 bits per heavy atom. The Kier molecular flexibility index (Phi) is 2.28. The monoisotopic (exact) mass is 199 g/mol. The van der Waals surface area contributed by atoms with E-state index in [0.29, 0.717) is 5.15 Å². The van der Waals surface area contributed by atoms with Crippen LogP contribution in [-0.2, 0) is 0 Å². The van der Waals surface area contributed by atoms with Crippen molar-refractivity contribution in [1.29, 1.82) is 0 Å². The summed E-state index contributed by atoms with van der Waals surface area (Å²) in [6, 6.07) is 4.13. The van der Waals surface area contributed by atoms with Crippen molar-refractivity contribution in [2.24, 2.45) is 0 Å². The third-order valence-electron chi connectivity index (χ3n) is 2.05. The molecule has 0 unspecified atom stereocenters. The molecule has 0 saturated heterocycles. The Balaban J connectivity index is 2.34. The fraction of sp³-hybridized carbons (Fsp3) is 0.444. The average molecular weight is 200 g/mol. The van der Waals surface area contributed by atoms with E-state index in [1.165, 1.54) is 18.4 Å². The van der Waals surface area contributed by atoms with E-state index in [4.69, 9.17) is 11.6 Å². The van der Waals surface area contributed by atoms with Gasteiger partial charge in [-0.05, 0) is 42.7 Å². The highest BCUT2D eigenvalue weighted by atomic mass is 35.5. The summed E-state index contributed by atoms with van der Waals surface area (Å²) in [5.41, 5.74) is 1.36. The predicted molar refractivity (Wildman–Crippen MR) is 53.0 cm³/mol. The van der Waals surface area contributed by atoms with Gasteiger partial charge in [0.15, 0.2) is 0 Å². The van der Waals surface area contributed by atoms with E-state index < -0.39 is 0 Å². The molecule has 1 aliphatic rings. The maximum atomic E-state index is 5.88. The molecule has 1 aromatic heterocycles. The molecule has 12 heavy (non-hydrogen) atoms. The molecule has 3 heteroatoms. The third kappa shape index (κ3) is 1.75. The maximum Gasteiger partial charge on any atom is 0.130 e. The number of nitrogens with zero attached hydrogens (tertiary/aromatic N) is 1. The van der Waals surface area contributed by atoms with Crippen LogP contribution in [0, 0.1) is 0 Å². The third-order valence-corrected chi connectivity index (χ3v) is 2.87.